The fourth-order valence-corrected chi connectivity index (χ4v) is 3.72. The van der Waals surface area contributed by atoms with Crippen LogP contribution >= 0.6 is 0 Å². The zero-order valence-corrected chi connectivity index (χ0v) is 18.0. The summed E-state index contributed by atoms with van der Waals surface area (Å²) >= 11 is 0. The molecule has 1 atom stereocenters. The molecule has 5 rings (SSSR count). The van der Waals surface area contributed by atoms with Gasteiger partial charge in [-0.2, -0.15) is 5.10 Å². The predicted molar refractivity (Wildman–Crippen MR) is 127 cm³/mol. The Kier molecular flexibility index (Phi) is 5.15. The van der Waals surface area contributed by atoms with Crippen LogP contribution in [0.3, 0.4) is 0 Å². The van der Waals surface area contributed by atoms with Crippen molar-refractivity contribution in [2.45, 2.75) is 26.7 Å². The molecule has 0 spiro atoms. The maximum absolute atomic E-state index is 12.6. The van der Waals surface area contributed by atoms with Crippen molar-refractivity contribution in [3.05, 3.63) is 66.6 Å². The number of carbonyl (C=O) groups is 1. The predicted octanol–water partition coefficient (Wildman–Crippen LogP) is 5.86. The van der Waals surface area contributed by atoms with Gasteiger partial charge in [-0.1, -0.05) is 32.4 Å². The van der Waals surface area contributed by atoms with Crippen molar-refractivity contribution in [2.75, 3.05) is 5.32 Å². The van der Waals surface area contributed by atoms with E-state index in [1.165, 1.54) is 0 Å². The average molecular weight is 425 g/mol. The van der Waals surface area contributed by atoms with Crippen LogP contribution < -0.4 is 5.32 Å². The third kappa shape index (κ3) is 3.97. The van der Waals surface area contributed by atoms with Gasteiger partial charge in [0.2, 0.25) is 0 Å². The Bertz CT molecular complexity index is 1420. The molecule has 2 aromatic carbocycles. The van der Waals surface area contributed by atoms with Crippen molar-refractivity contribution >= 4 is 39.1 Å². The number of ketones is 1. The van der Waals surface area contributed by atoms with E-state index >= 15 is 0 Å². The van der Waals surface area contributed by atoms with E-state index in [4.69, 9.17) is 0 Å². The van der Waals surface area contributed by atoms with Gasteiger partial charge >= 0.3 is 0 Å². The van der Waals surface area contributed by atoms with Gasteiger partial charge in [0.1, 0.15) is 5.82 Å². The summed E-state index contributed by atoms with van der Waals surface area (Å²) in [6, 6.07) is 15.7. The third-order valence-electron chi connectivity index (χ3n) is 5.78. The molecular weight excluding hydrogens is 400 g/mol. The molecular formula is C25H24N6O. The Hall–Kier alpha value is -4.00. The number of hydrogen-bond acceptors (Lipinski definition) is 5. The van der Waals surface area contributed by atoms with Crippen LogP contribution in [0.5, 0.6) is 0 Å². The van der Waals surface area contributed by atoms with Gasteiger partial charge < -0.3 is 10.3 Å². The lowest BCUT2D eigenvalue weighted by Gasteiger charge is -2.07. The van der Waals surface area contributed by atoms with E-state index in [9.17, 15) is 4.79 Å². The van der Waals surface area contributed by atoms with Crippen molar-refractivity contribution < 1.29 is 4.79 Å². The van der Waals surface area contributed by atoms with Crippen LogP contribution in [0.2, 0.25) is 0 Å². The second-order valence-corrected chi connectivity index (χ2v) is 8.19. The van der Waals surface area contributed by atoms with E-state index < -0.39 is 0 Å². The SMILES string of the molecule is CCC(C)CC(=O)c1cc2ccc(-c3nccc(Nc4ccc5[nH]ncc5c4)n3)cc2[nH]1. The van der Waals surface area contributed by atoms with Crippen LogP contribution in [0, 0.1) is 5.92 Å². The van der Waals surface area contributed by atoms with Crippen molar-refractivity contribution in [2.24, 2.45) is 5.92 Å². The molecule has 3 N–H and O–H groups in total. The highest BCUT2D eigenvalue weighted by molar-refractivity contribution is 6.00. The molecule has 0 saturated heterocycles. The van der Waals surface area contributed by atoms with Gasteiger partial charge in [0.05, 0.1) is 17.4 Å². The highest BCUT2D eigenvalue weighted by atomic mass is 16.1. The molecule has 3 aromatic heterocycles. The van der Waals surface area contributed by atoms with E-state index in [0.717, 1.165) is 39.5 Å². The number of aromatic amines is 2. The topological polar surface area (TPSA) is 99.3 Å². The summed E-state index contributed by atoms with van der Waals surface area (Å²) in [6.07, 6.45) is 5.08. The first-order chi connectivity index (χ1) is 15.6. The summed E-state index contributed by atoms with van der Waals surface area (Å²) in [5.74, 6) is 1.84. The molecule has 1 unspecified atom stereocenters. The number of carbonyl (C=O) groups excluding carboxylic acids is 1. The number of nitrogens with one attached hydrogen (secondary N) is 3. The Morgan fingerprint density at radius 3 is 2.84 bits per heavy atom. The first kappa shape index (κ1) is 19.9. The summed E-state index contributed by atoms with van der Waals surface area (Å²) in [7, 11) is 0. The first-order valence-corrected chi connectivity index (χ1v) is 10.8. The molecule has 0 saturated carbocycles. The van der Waals surface area contributed by atoms with Gasteiger partial charge in [-0.05, 0) is 42.3 Å². The lowest BCUT2D eigenvalue weighted by atomic mass is 10.0. The van der Waals surface area contributed by atoms with Crippen LogP contribution in [-0.4, -0.2) is 30.9 Å². The van der Waals surface area contributed by atoms with E-state index in [-0.39, 0.29) is 5.78 Å². The number of rotatable bonds is 7. The zero-order chi connectivity index (χ0) is 22.1. The van der Waals surface area contributed by atoms with E-state index in [2.05, 4.69) is 44.3 Å². The monoisotopic (exact) mass is 424 g/mol. The average Bonchev–Trinajstić information content (AvgIpc) is 3.45. The number of Topliss-reactive ketones (excluding diaryl/α,β-unsaturated/α-hetero) is 1. The Morgan fingerprint density at radius 1 is 1.06 bits per heavy atom. The van der Waals surface area contributed by atoms with Crippen LogP contribution in [0.1, 0.15) is 37.2 Å². The fourth-order valence-electron chi connectivity index (χ4n) is 3.72. The third-order valence-corrected chi connectivity index (χ3v) is 5.78. The van der Waals surface area contributed by atoms with Crippen LogP contribution in [0.15, 0.2) is 60.9 Å². The van der Waals surface area contributed by atoms with Crippen LogP contribution in [-0.2, 0) is 0 Å². The van der Waals surface area contributed by atoms with Crippen LogP contribution in [0.25, 0.3) is 33.2 Å². The van der Waals surface area contributed by atoms with Crippen molar-refractivity contribution in [3.8, 4) is 11.4 Å². The summed E-state index contributed by atoms with van der Waals surface area (Å²) in [4.78, 5) is 24.9. The number of hydrogen-bond donors (Lipinski definition) is 3. The molecule has 0 radical (unpaired) electrons. The molecule has 7 nitrogen and oxygen atoms in total. The number of nitrogens with zero attached hydrogens (tertiary/aromatic N) is 3. The first-order valence-electron chi connectivity index (χ1n) is 10.8. The second kappa shape index (κ2) is 8.26. The molecule has 160 valence electrons. The molecule has 0 fully saturated rings. The van der Waals surface area contributed by atoms with Crippen molar-refractivity contribution in [1.29, 1.82) is 0 Å². The summed E-state index contributed by atoms with van der Waals surface area (Å²) in [6.45, 7) is 4.21. The highest BCUT2D eigenvalue weighted by Gasteiger charge is 2.14. The Morgan fingerprint density at radius 2 is 1.97 bits per heavy atom. The number of anilines is 2. The van der Waals surface area contributed by atoms with Gasteiger partial charge in [-0.25, -0.2) is 9.97 Å². The van der Waals surface area contributed by atoms with Gasteiger partial charge in [0, 0.05) is 40.2 Å². The minimum absolute atomic E-state index is 0.147. The molecule has 0 aliphatic heterocycles. The zero-order valence-electron chi connectivity index (χ0n) is 18.0. The highest BCUT2D eigenvalue weighted by Crippen LogP contribution is 2.26. The lowest BCUT2D eigenvalue weighted by molar-refractivity contribution is 0.0959. The number of H-pyrrole nitrogens is 2. The van der Waals surface area contributed by atoms with Gasteiger partial charge in [-0.3, -0.25) is 9.89 Å². The van der Waals surface area contributed by atoms with Gasteiger partial charge in [-0.15, -0.1) is 0 Å². The minimum atomic E-state index is 0.147. The van der Waals surface area contributed by atoms with Crippen molar-refractivity contribution in [3.63, 3.8) is 0 Å². The number of fused-ring (bicyclic) bond motifs is 2. The minimum Gasteiger partial charge on any atom is -0.352 e. The summed E-state index contributed by atoms with van der Waals surface area (Å²) in [5.41, 5.74) is 4.35. The van der Waals surface area contributed by atoms with Gasteiger partial charge in [0.25, 0.3) is 0 Å². The van der Waals surface area contributed by atoms with Crippen LogP contribution in [0.4, 0.5) is 11.5 Å². The lowest BCUT2D eigenvalue weighted by Crippen LogP contribution is -2.05. The maximum atomic E-state index is 12.6. The molecule has 0 bridgehead atoms. The normalized spacial score (nSPS) is 12.3. The molecule has 0 amide bonds. The summed E-state index contributed by atoms with van der Waals surface area (Å²) in [5, 5.41) is 12.4. The molecule has 3 heterocycles. The van der Waals surface area contributed by atoms with Crippen molar-refractivity contribution in [1.82, 2.24) is 25.1 Å². The second-order valence-electron chi connectivity index (χ2n) is 8.19. The molecule has 32 heavy (non-hydrogen) atoms. The number of benzene rings is 2. The fraction of sp³-hybridized carbons (Fsp3) is 0.200. The van der Waals surface area contributed by atoms with Gasteiger partial charge in [0.15, 0.2) is 11.6 Å². The Labute approximate surface area is 185 Å². The molecule has 0 aliphatic rings. The smallest absolute Gasteiger partial charge is 0.179 e. The Balaban J connectivity index is 1.40. The summed E-state index contributed by atoms with van der Waals surface area (Å²) < 4.78 is 0. The maximum Gasteiger partial charge on any atom is 0.179 e. The molecule has 5 aromatic rings. The van der Waals surface area contributed by atoms with E-state index in [0.29, 0.717) is 29.7 Å². The number of aromatic nitrogens is 5. The molecule has 0 aliphatic carbocycles. The largest absolute Gasteiger partial charge is 0.352 e. The molecule has 7 heteroatoms. The van der Waals surface area contributed by atoms with E-state index in [1.807, 2.05) is 48.5 Å². The standard InChI is InChI=1S/C25H24N6O/c1-3-15(2)10-23(32)22-12-16-4-5-17(13-21(16)29-22)25-26-9-8-24(30-25)28-19-6-7-20-18(11-19)14-27-31-20/h4-9,11-15,29H,3,10H2,1-2H3,(H,27,31)(H,26,28,30). The van der Waals surface area contributed by atoms with E-state index in [1.54, 1.807) is 12.4 Å². The quantitative estimate of drug-likeness (QED) is 0.284.